The molecule has 1 heterocycles. The average molecular weight is 222 g/mol. The fraction of sp³-hybridized carbons (Fsp3) is 0.400. The molecule has 4 nitrogen and oxygen atoms in total. The van der Waals surface area contributed by atoms with E-state index in [1.165, 1.54) is 0 Å². The van der Waals surface area contributed by atoms with E-state index in [1.54, 1.807) is 24.0 Å². The standard InChI is InChI=1S/C10H14N4S/c1-14(2)5-6-15-10-9(12)8(7-11)3-4-13-10/h3-4H,5-6,12H2,1-2H3. The molecule has 0 aliphatic rings. The molecule has 0 amide bonds. The molecule has 0 aromatic carbocycles. The highest BCUT2D eigenvalue weighted by atomic mass is 32.2. The summed E-state index contributed by atoms with van der Waals surface area (Å²) in [4.78, 5) is 6.25. The van der Waals surface area contributed by atoms with Gasteiger partial charge in [0.15, 0.2) is 0 Å². The van der Waals surface area contributed by atoms with Crippen LogP contribution in [0.1, 0.15) is 5.56 Å². The summed E-state index contributed by atoms with van der Waals surface area (Å²) in [6, 6.07) is 3.68. The van der Waals surface area contributed by atoms with Crippen molar-refractivity contribution in [1.82, 2.24) is 9.88 Å². The minimum atomic E-state index is 0.490. The molecule has 0 atom stereocenters. The molecule has 0 radical (unpaired) electrons. The van der Waals surface area contributed by atoms with Gasteiger partial charge in [-0.1, -0.05) is 0 Å². The van der Waals surface area contributed by atoms with Crippen molar-refractivity contribution in [1.29, 1.82) is 5.26 Å². The van der Waals surface area contributed by atoms with Gasteiger partial charge in [0.05, 0.1) is 11.3 Å². The van der Waals surface area contributed by atoms with Crippen molar-refractivity contribution >= 4 is 17.4 Å². The Morgan fingerprint density at radius 3 is 2.93 bits per heavy atom. The van der Waals surface area contributed by atoms with Crippen molar-refractivity contribution in [3.8, 4) is 6.07 Å². The van der Waals surface area contributed by atoms with Gasteiger partial charge in [-0.25, -0.2) is 4.98 Å². The van der Waals surface area contributed by atoms with Crippen LogP contribution in [0.25, 0.3) is 0 Å². The van der Waals surface area contributed by atoms with Crippen LogP contribution in [0.4, 0.5) is 5.69 Å². The minimum absolute atomic E-state index is 0.490. The number of hydrogen-bond acceptors (Lipinski definition) is 5. The van der Waals surface area contributed by atoms with E-state index >= 15 is 0 Å². The van der Waals surface area contributed by atoms with Gasteiger partial charge >= 0.3 is 0 Å². The van der Waals surface area contributed by atoms with E-state index in [0.29, 0.717) is 11.3 Å². The maximum Gasteiger partial charge on any atom is 0.120 e. The molecule has 0 aliphatic carbocycles. The molecule has 80 valence electrons. The Balaban J connectivity index is 2.66. The van der Waals surface area contributed by atoms with Gasteiger partial charge in [0, 0.05) is 18.5 Å². The Bertz CT molecular complexity index is 370. The molecule has 5 heteroatoms. The van der Waals surface area contributed by atoms with Crippen molar-refractivity contribution in [2.45, 2.75) is 5.03 Å². The molecule has 2 N–H and O–H groups in total. The van der Waals surface area contributed by atoms with Crippen molar-refractivity contribution < 1.29 is 0 Å². The first-order valence-electron chi connectivity index (χ1n) is 4.57. The van der Waals surface area contributed by atoms with E-state index in [1.807, 2.05) is 20.2 Å². The third-order valence-corrected chi connectivity index (χ3v) is 2.84. The molecule has 0 saturated heterocycles. The van der Waals surface area contributed by atoms with Crippen LogP contribution >= 0.6 is 11.8 Å². The zero-order valence-electron chi connectivity index (χ0n) is 8.90. The molecule has 0 spiro atoms. The predicted octanol–water partition coefficient (Wildman–Crippen LogP) is 1.19. The molecule has 15 heavy (non-hydrogen) atoms. The van der Waals surface area contributed by atoms with Crippen LogP contribution in [0.5, 0.6) is 0 Å². The lowest BCUT2D eigenvalue weighted by atomic mass is 10.2. The monoisotopic (exact) mass is 222 g/mol. The Hall–Kier alpha value is -1.25. The lowest BCUT2D eigenvalue weighted by Crippen LogP contribution is -2.15. The number of aromatic nitrogens is 1. The minimum Gasteiger partial charge on any atom is -0.395 e. The largest absolute Gasteiger partial charge is 0.395 e. The molecular formula is C10H14N4S. The van der Waals surface area contributed by atoms with Crippen LogP contribution in [-0.4, -0.2) is 36.3 Å². The van der Waals surface area contributed by atoms with Crippen LogP contribution in [-0.2, 0) is 0 Å². The Labute approximate surface area is 94.1 Å². The highest BCUT2D eigenvalue weighted by Gasteiger charge is 2.06. The maximum absolute atomic E-state index is 8.78. The predicted molar refractivity (Wildman–Crippen MR) is 62.6 cm³/mol. The van der Waals surface area contributed by atoms with Gasteiger partial charge < -0.3 is 10.6 Å². The summed E-state index contributed by atoms with van der Waals surface area (Å²) in [6.07, 6.45) is 1.62. The van der Waals surface area contributed by atoms with Crippen LogP contribution in [0.2, 0.25) is 0 Å². The van der Waals surface area contributed by atoms with Crippen LogP contribution in [0, 0.1) is 11.3 Å². The van der Waals surface area contributed by atoms with Gasteiger partial charge in [0.2, 0.25) is 0 Å². The number of anilines is 1. The highest BCUT2D eigenvalue weighted by molar-refractivity contribution is 7.99. The number of pyridine rings is 1. The van der Waals surface area contributed by atoms with Crippen LogP contribution in [0.3, 0.4) is 0 Å². The normalized spacial score (nSPS) is 10.3. The Morgan fingerprint density at radius 1 is 1.60 bits per heavy atom. The summed E-state index contributed by atoms with van der Waals surface area (Å²) in [6.45, 7) is 0.961. The van der Waals surface area contributed by atoms with Crippen LogP contribution < -0.4 is 5.73 Å². The number of nitrogen functional groups attached to an aromatic ring is 1. The molecule has 1 aromatic heterocycles. The Kier molecular flexibility index (Phi) is 4.40. The summed E-state index contributed by atoms with van der Waals surface area (Å²) in [5.41, 5.74) is 6.78. The third kappa shape index (κ3) is 3.42. The molecular weight excluding hydrogens is 208 g/mol. The average Bonchev–Trinajstić information content (AvgIpc) is 2.20. The van der Waals surface area contributed by atoms with Crippen molar-refractivity contribution in [3.05, 3.63) is 17.8 Å². The first-order chi connectivity index (χ1) is 7.15. The summed E-state index contributed by atoms with van der Waals surface area (Å²) < 4.78 is 0. The van der Waals surface area contributed by atoms with E-state index in [9.17, 15) is 0 Å². The topological polar surface area (TPSA) is 65.9 Å². The van der Waals surface area contributed by atoms with Crippen molar-refractivity contribution in [3.63, 3.8) is 0 Å². The Morgan fingerprint density at radius 2 is 2.33 bits per heavy atom. The number of nitriles is 1. The second kappa shape index (κ2) is 5.59. The number of thioether (sulfide) groups is 1. The maximum atomic E-state index is 8.78. The quantitative estimate of drug-likeness (QED) is 0.775. The number of nitrogens with zero attached hydrogens (tertiary/aromatic N) is 3. The molecule has 1 rings (SSSR count). The molecule has 0 bridgehead atoms. The van der Waals surface area contributed by atoms with E-state index in [4.69, 9.17) is 11.0 Å². The van der Waals surface area contributed by atoms with Gasteiger partial charge in [0.25, 0.3) is 0 Å². The number of hydrogen-bond donors (Lipinski definition) is 1. The van der Waals surface area contributed by atoms with Gasteiger partial charge in [0.1, 0.15) is 11.1 Å². The third-order valence-electron chi connectivity index (χ3n) is 1.85. The molecule has 0 fully saturated rings. The summed E-state index contributed by atoms with van der Waals surface area (Å²) in [5, 5.41) is 9.53. The van der Waals surface area contributed by atoms with Crippen molar-refractivity contribution in [2.24, 2.45) is 0 Å². The van der Waals surface area contributed by atoms with Gasteiger partial charge in [-0.05, 0) is 20.2 Å². The van der Waals surface area contributed by atoms with Gasteiger partial charge in [-0.2, -0.15) is 5.26 Å². The SMILES string of the molecule is CN(C)CCSc1nccc(C#N)c1N. The van der Waals surface area contributed by atoms with E-state index < -0.39 is 0 Å². The second-order valence-electron chi connectivity index (χ2n) is 3.34. The summed E-state index contributed by atoms with van der Waals surface area (Å²) in [7, 11) is 4.03. The lowest BCUT2D eigenvalue weighted by Gasteiger charge is -2.09. The summed E-state index contributed by atoms with van der Waals surface area (Å²) >= 11 is 1.58. The highest BCUT2D eigenvalue weighted by Crippen LogP contribution is 2.24. The molecule has 0 saturated carbocycles. The molecule has 0 unspecified atom stereocenters. The van der Waals surface area contributed by atoms with E-state index in [-0.39, 0.29) is 0 Å². The fourth-order valence-corrected chi connectivity index (χ4v) is 2.04. The van der Waals surface area contributed by atoms with Gasteiger partial charge in [-0.3, -0.25) is 0 Å². The van der Waals surface area contributed by atoms with Crippen LogP contribution in [0.15, 0.2) is 17.3 Å². The van der Waals surface area contributed by atoms with E-state index in [0.717, 1.165) is 17.3 Å². The van der Waals surface area contributed by atoms with Crippen molar-refractivity contribution in [2.75, 3.05) is 32.1 Å². The number of rotatable bonds is 4. The first-order valence-corrected chi connectivity index (χ1v) is 5.56. The first kappa shape index (κ1) is 11.8. The molecule has 0 aliphatic heterocycles. The van der Waals surface area contributed by atoms with E-state index in [2.05, 4.69) is 9.88 Å². The second-order valence-corrected chi connectivity index (χ2v) is 4.42. The zero-order chi connectivity index (χ0) is 11.3. The molecule has 1 aromatic rings. The lowest BCUT2D eigenvalue weighted by molar-refractivity contribution is 0.437. The smallest absolute Gasteiger partial charge is 0.120 e. The summed E-state index contributed by atoms with van der Waals surface area (Å²) in [5.74, 6) is 0.916. The van der Waals surface area contributed by atoms with Gasteiger partial charge in [-0.15, -0.1) is 11.8 Å². The number of nitrogens with two attached hydrogens (primary N) is 1. The fourth-order valence-electron chi connectivity index (χ4n) is 0.991. The zero-order valence-corrected chi connectivity index (χ0v) is 9.71.